The second-order valence-corrected chi connectivity index (χ2v) is 5.25. The van der Waals surface area contributed by atoms with Crippen LogP contribution < -0.4 is 0 Å². The van der Waals surface area contributed by atoms with Crippen LogP contribution in [0.4, 0.5) is 13.2 Å². The number of alkyl halides is 3. The fourth-order valence-electron chi connectivity index (χ4n) is 2.38. The lowest BCUT2D eigenvalue weighted by Gasteiger charge is -2.10. The van der Waals surface area contributed by atoms with E-state index in [1.54, 1.807) is 30.7 Å². The van der Waals surface area contributed by atoms with Gasteiger partial charge >= 0.3 is 6.18 Å². The molecule has 26 heavy (non-hydrogen) atoms. The van der Waals surface area contributed by atoms with Crippen molar-refractivity contribution in [3.8, 4) is 11.4 Å². The summed E-state index contributed by atoms with van der Waals surface area (Å²) in [6, 6.07) is 6.38. The van der Waals surface area contributed by atoms with Gasteiger partial charge in [0.25, 0.3) is 6.47 Å². The predicted molar refractivity (Wildman–Crippen MR) is 86.2 cm³/mol. The second kappa shape index (κ2) is 8.79. The van der Waals surface area contributed by atoms with Crippen molar-refractivity contribution in [3.63, 3.8) is 0 Å². The second-order valence-electron chi connectivity index (χ2n) is 5.25. The molecule has 0 aliphatic carbocycles. The Balaban J connectivity index is 0.000000758. The molecule has 0 saturated carbocycles. The van der Waals surface area contributed by atoms with Crippen molar-refractivity contribution in [2.75, 3.05) is 0 Å². The molecule has 2 N–H and O–H groups in total. The zero-order valence-corrected chi connectivity index (χ0v) is 13.5. The number of hydrogen-bond donors (Lipinski definition) is 2. The molecule has 7 nitrogen and oxygen atoms in total. The summed E-state index contributed by atoms with van der Waals surface area (Å²) in [5, 5.41) is 17.2. The van der Waals surface area contributed by atoms with Gasteiger partial charge in [-0.05, 0) is 11.6 Å². The zero-order chi connectivity index (χ0) is 19.0. The fourth-order valence-corrected chi connectivity index (χ4v) is 2.38. The third kappa shape index (κ3) is 5.72. The molecule has 0 fully saturated rings. The minimum absolute atomic E-state index is 0.223. The number of nitrogens with one attached hydrogen (secondary N) is 1. The highest BCUT2D eigenvalue weighted by molar-refractivity contribution is 5.56. The van der Waals surface area contributed by atoms with E-state index in [1.807, 2.05) is 4.57 Å². The fraction of sp³-hybridized carbons (Fsp3) is 0.250. The van der Waals surface area contributed by atoms with Crippen molar-refractivity contribution in [2.24, 2.45) is 0 Å². The average molecular weight is 367 g/mol. The van der Waals surface area contributed by atoms with Crippen molar-refractivity contribution in [2.45, 2.75) is 25.6 Å². The van der Waals surface area contributed by atoms with E-state index in [0.29, 0.717) is 24.4 Å². The summed E-state index contributed by atoms with van der Waals surface area (Å²) < 4.78 is 39.5. The monoisotopic (exact) mass is 367 g/mol. The first kappa shape index (κ1) is 19.2. The Bertz CT molecular complexity index is 815. The van der Waals surface area contributed by atoms with Gasteiger partial charge in [0.2, 0.25) is 0 Å². The number of carbonyl (C=O) groups is 1. The number of halogens is 3. The highest BCUT2D eigenvalue weighted by Gasteiger charge is 2.27. The molecule has 0 bridgehead atoms. The predicted octanol–water partition coefficient (Wildman–Crippen LogP) is 2.72. The molecule has 2 aromatic heterocycles. The summed E-state index contributed by atoms with van der Waals surface area (Å²) in [4.78, 5) is 12.6. The Morgan fingerprint density at radius 2 is 2.08 bits per heavy atom. The maximum absolute atomic E-state index is 12.5. The third-order valence-corrected chi connectivity index (χ3v) is 3.38. The van der Waals surface area contributed by atoms with Gasteiger partial charge in [0.15, 0.2) is 0 Å². The number of carboxylic acid groups (broad SMARTS) is 1. The van der Waals surface area contributed by atoms with Crippen molar-refractivity contribution < 1.29 is 23.1 Å². The van der Waals surface area contributed by atoms with Gasteiger partial charge in [-0.3, -0.25) is 4.79 Å². The Labute approximate surface area is 146 Å². The van der Waals surface area contributed by atoms with E-state index in [0.717, 1.165) is 5.69 Å². The van der Waals surface area contributed by atoms with E-state index in [4.69, 9.17) is 9.90 Å². The molecule has 0 aliphatic rings. The van der Waals surface area contributed by atoms with E-state index in [9.17, 15) is 13.2 Å². The van der Waals surface area contributed by atoms with Crippen molar-refractivity contribution in [1.82, 2.24) is 25.0 Å². The molecule has 0 spiro atoms. The van der Waals surface area contributed by atoms with Crippen LogP contribution in [0.5, 0.6) is 0 Å². The van der Waals surface area contributed by atoms with Gasteiger partial charge in [0.05, 0.1) is 18.3 Å². The van der Waals surface area contributed by atoms with Crippen LogP contribution in [0, 0.1) is 0 Å². The molecule has 10 heteroatoms. The maximum atomic E-state index is 12.5. The van der Waals surface area contributed by atoms with E-state index in [-0.39, 0.29) is 12.0 Å². The molecular formula is C16H16F3N5O2. The lowest BCUT2D eigenvalue weighted by atomic mass is 10.1. The van der Waals surface area contributed by atoms with Crippen LogP contribution in [0.25, 0.3) is 11.4 Å². The number of nitrogens with zero attached hydrogens (tertiary/aromatic N) is 4. The number of aromatic amines is 1. The van der Waals surface area contributed by atoms with E-state index >= 15 is 0 Å². The topological polar surface area (TPSA) is 96.7 Å². The van der Waals surface area contributed by atoms with E-state index in [2.05, 4.69) is 20.4 Å². The minimum Gasteiger partial charge on any atom is -0.483 e. The SMILES string of the molecule is FC(F)(F)Cc1cccc(-c2nccn2CCc2cn[nH]n2)c1.O=CO. The first-order valence-electron chi connectivity index (χ1n) is 7.52. The van der Waals surface area contributed by atoms with Crippen LogP contribution in [-0.4, -0.2) is 42.7 Å². The van der Waals surface area contributed by atoms with Gasteiger partial charge in [-0.1, -0.05) is 18.2 Å². The molecule has 0 atom stereocenters. The quantitative estimate of drug-likeness (QED) is 0.676. The number of aryl methyl sites for hydroxylation is 2. The molecule has 138 valence electrons. The van der Waals surface area contributed by atoms with Gasteiger partial charge in [0, 0.05) is 30.9 Å². The lowest BCUT2D eigenvalue weighted by Crippen LogP contribution is -2.11. The molecule has 0 aliphatic heterocycles. The Kier molecular flexibility index (Phi) is 6.48. The number of H-pyrrole nitrogens is 1. The molecule has 0 unspecified atom stereocenters. The maximum Gasteiger partial charge on any atom is 0.393 e. The van der Waals surface area contributed by atoms with Gasteiger partial charge in [-0.15, -0.1) is 0 Å². The first-order valence-corrected chi connectivity index (χ1v) is 7.52. The standard InChI is InChI=1S/C15H14F3N5.CH2O2/c16-15(17,18)9-11-2-1-3-12(8-11)14-19-5-7-23(14)6-4-13-10-20-22-21-13;2-1-3/h1-3,5,7-8,10H,4,6,9H2,(H,20,21,22);1H,(H,2,3). The third-order valence-electron chi connectivity index (χ3n) is 3.38. The number of rotatable bonds is 5. The Hall–Kier alpha value is -3.17. The summed E-state index contributed by atoms with van der Waals surface area (Å²) in [6.45, 7) is 0.366. The molecule has 1 aromatic carbocycles. The summed E-state index contributed by atoms with van der Waals surface area (Å²) in [7, 11) is 0. The van der Waals surface area contributed by atoms with Crippen LogP contribution in [-0.2, 0) is 24.2 Å². The molecule has 0 radical (unpaired) electrons. The highest BCUT2D eigenvalue weighted by atomic mass is 19.4. The van der Waals surface area contributed by atoms with Crippen molar-refractivity contribution in [1.29, 1.82) is 0 Å². The number of hydrogen-bond acceptors (Lipinski definition) is 4. The van der Waals surface area contributed by atoms with Crippen LogP contribution in [0.1, 0.15) is 11.3 Å². The lowest BCUT2D eigenvalue weighted by molar-refractivity contribution is -0.127. The van der Waals surface area contributed by atoms with E-state index < -0.39 is 12.6 Å². The van der Waals surface area contributed by atoms with Crippen molar-refractivity contribution in [3.05, 3.63) is 54.1 Å². The molecule has 0 saturated heterocycles. The summed E-state index contributed by atoms with van der Waals surface area (Å²) in [5.41, 5.74) is 1.70. The molecular weight excluding hydrogens is 351 g/mol. The van der Waals surface area contributed by atoms with Crippen LogP contribution >= 0.6 is 0 Å². The summed E-state index contributed by atoms with van der Waals surface area (Å²) >= 11 is 0. The van der Waals surface area contributed by atoms with Gasteiger partial charge in [-0.2, -0.15) is 28.6 Å². The van der Waals surface area contributed by atoms with Crippen LogP contribution in [0.3, 0.4) is 0 Å². The van der Waals surface area contributed by atoms with Gasteiger partial charge < -0.3 is 9.67 Å². The first-order chi connectivity index (χ1) is 12.4. The zero-order valence-electron chi connectivity index (χ0n) is 13.5. The minimum atomic E-state index is -4.22. The highest BCUT2D eigenvalue weighted by Crippen LogP contribution is 2.25. The summed E-state index contributed by atoms with van der Waals surface area (Å²) in [6.07, 6.45) is 0.560. The number of aromatic nitrogens is 5. The smallest absolute Gasteiger partial charge is 0.393 e. The number of benzene rings is 1. The normalized spacial score (nSPS) is 10.9. The molecule has 3 aromatic rings. The number of imidazole rings is 1. The van der Waals surface area contributed by atoms with Crippen molar-refractivity contribution >= 4 is 6.47 Å². The van der Waals surface area contributed by atoms with Gasteiger partial charge in [-0.25, -0.2) is 4.98 Å². The van der Waals surface area contributed by atoms with Crippen LogP contribution in [0.2, 0.25) is 0 Å². The molecule has 0 amide bonds. The Morgan fingerprint density at radius 1 is 1.31 bits per heavy atom. The summed E-state index contributed by atoms with van der Waals surface area (Å²) in [5.74, 6) is 0.637. The molecule has 2 heterocycles. The largest absolute Gasteiger partial charge is 0.483 e. The van der Waals surface area contributed by atoms with Crippen LogP contribution in [0.15, 0.2) is 42.9 Å². The molecule has 3 rings (SSSR count). The Morgan fingerprint density at radius 3 is 2.73 bits per heavy atom. The average Bonchev–Trinajstić information content (AvgIpc) is 3.24. The van der Waals surface area contributed by atoms with Gasteiger partial charge in [0.1, 0.15) is 5.82 Å². The van der Waals surface area contributed by atoms with E-state index in [1.165, 1.54) is 12.1 Å².